The lowest BCUT2D eigenvalue weighted by atomic mass is 9.87. The number of ketones is 1. The Bertz CT molecular complexity index is 1420. The highest BCUT2D eigenvalue weighted by molar-refractivity contribution is 7.96. The predicted molar refractivity (Wildman–Crippen MR) is 158 cm³/mol. The normalized spacial score (nSPS) is 19.5. The lowest BCUT2D eigenvalue weighted by Crippen LogP contribution is -2.44. The highest BCUT2D eigenvalue weighted by atomic mass is 32.2. The van der Waals surface area contributed by atoms with Crippen LogP contribution in [0.1, 0.15) is 57.6 Å². The number of para-hydroxylation sites is 1. The number of benzene rings is 2. The van der Waals surface area contributed by atoms with E-state index in [9.17, 15) is 18.0 Å². The van der Waals surface area contributed by atoms with E-state index in [2.05, 4.69) is 29.1 Å². The molecule has 0 spiro atoms. The van der Waals surface area contributed by atoms with Crippen LogP contribution in [0.15, 0.2) is 89.2 Å². The molecule has 2 heterocycles. The number of carbonyl (C=O) groups excluding carboxylic acids is 2. The van der Waals surface area contributed by atoms with Gasteiger partial charge in [-0.15, -0.1) is 0 Å². The minimum atomic E-state index is -4.11. The fourth-order valence-corrected chi connectivity index (χ4v) is 6.20. The first-order chi connectivity index (χ1) is 19.1. The molecule has 0 saturated heterocycles. The molecule has 0 radical (unpaired) electrons. The molecule has 2 aromatic rings. The Morgan fingerprint density at radius 2 is 1.77 bits per heavy atom. The molecular formula is C32H38N2O5S. The number of aldehydes is 1. The van der Waals surface area contributed by atoms with Gasteiger partial charge in [-0.05, 0) is 54.5 Å². The number of rotatable bonds is 12. The lowest BCUT2D eigenvalue weighted by molar-refractivity contribution is -0.115. The number of anilines is 1. The van der Waals surface area contributed by atoms with Crippen LogP contribution in [0.3, 0.4) is 0 Å². The van der Waals surface area contributed by atoms with Gasteiger partial charge in [0.05, 0.1) is 17.5 Å². The van der Waals surface area contributed by atoms with E-state index in [1.807, 2.05) is 30.4 Å². The molecule has 0 fully saturated rings. The molecule has 0 saturated carbocycles. The van der Waals surface area contributed by atoms with Gasteiger partial charge in [0.1, 0.15) is 12.4 Å². The Hall–Kier alpha value is -3.65. The maximum Gasteiger partial charge on any atom is 0.277 e. The predicted octanol–water partition coefficient (Wildman–Crippen LogP) is 5.61. The van der Waals surface area contributed by atoms with Crippen molar-refractivity contribution in [1.29, 1.82) is 0 Å². The molecule has 0 aromatic heterocycles. The zero-order valence-corrected chi connectivity index (χ0v) is 24.2. The lowest BCUT2D eigenvalue weighted by Gasteiger charge is -2.34. The van der Waals surface area contributed by atoms with Gasteiger partial charge in [0.2, 0.25) is 0 Å². The third-order valence-electron chi connectivity index (χ3n) is 7.09. The number of ether oxygens (including phenoxy) is 1. The number of sulfonamides is 1. The molecule has 2 atom stereocenters. The Morgan fingerprint density at radius 3 is 2.50 bits per heavy atom. The Morgan fingerprint density at radius 1 is 1.05 bits per heavy atom. The number of carbonyl (C=O) groups is 2. The topological polar surface area (TPSA) is 102 Å². The fraction of sp³-hybridized carbons (Fsp3) is 0.375. The average molecular weight is 563 g/mol. The summed E-state index contributed by atoms with van der Waals surface area (Å²) < 4.78 is 36.0. The summed E-state index contributed by atoms with van der Waals surface area (Å²) in [5, 5.41) is 2.95. The summed E-state index contributed by atoms with van der Waals surface area (Å²) in [6, 6.07) is 16.6. The maximum absolute atomic E-state index is 13.5. The van der Waals surface area contributed by atoms with Crippen molar-refractivity contribution in [3.63, 3.8) is 0 Å². The monoisotopic (exact) mass is 562 g/mol. The second kappa shape index (κ2) is 12.7. The van der Waals surface area contributed by atoms with Crippen LogP contribution in [0.25, 0.3) is 0 Å². The van der Waals surface area contributed by atoms with Crippen LogP contribution in [-0.4, -0.2) is 32.6 Å². The molecule has 40 heavy (non-hydrogen) atoms. The van der Waals surface area contributed by atoms with Gasteiger partial charge in [-0.1, -0.05) is 75.4 Å². The van der Waals surface area contributed by atoms with E-state index in [4.69, 9.17) is 4.74 Å². The van der Waals surface area contributed by atoms with E-state index in [1.165, 1.54) is 5.56 Å². The molecule has 0 amide bonds. The van der Waals surface area contributed by atoms with Crippen LogP contribution in [-0.2, 0) is 37.2 Å². The second-order valence-corrected chi connectivity index (χ2v) is 12.8. The van der Waals surface area contributed by atoms with Crippen LogP contribution in [0.2, 0.25) is 0 Å². The van der Waals surface area contributed by atoms with Crippen molar-refractivity contribution >= 4 is 27.8 Å². The first-order valence-corrected chi connectivity index (χ1v) is 15.3. The van der Waals surface area contributed by atoms with E-state index in [1.54, 1.807) is 38.1 Å². The summed E-state index contributed by atoms with van der Waals surface area (Å²) in [6.07, 6.45) is 9.40. The second-order valence-electron chi connectivity index (χ2n) is 11.1. The molecule has 2 aromatic carbocycles. The molecule has 2 aliphatic heterocycles. The van der Waals surface area contributed by atoms with E-state index in [0.29, 0.717) is 24.1 Å². The average Bonchev–Trinajstić information content (AvgIpc) is 2.93. The first kappa shape index (κ1) is 29.3. The standard InChI is InChI=1S/C32H38N2O5S/c1-4-10-26-16-17-27(30(39-26)18-15-23-11-6-5-7-12-23)29-19-25(36)20-31(33-29)40(37,38)34-28-14-9-8-13-24(28)21-32(2,3)22-35/h5-9,11-14,16-17,20,22,29-30,33-34H,4,10,15,18-19,21H2,1-3H3/t29-,30?/m1/s1. The van der Waals surface area contributed by atoms with Gasteiger partial charge < -0.3 is 14.8 Å². The summed E-state index contributed by atoms with van der Waals surface area (Å²) >= 11 is 0. The fourth-order valence-electron chi connectivity index (χ4n) is 5.02. The van der Waals surface area contributed by atoms with Gasteiger partial charge in [0.25, 0.3) is 10.0 Å². The molecule has 7 nitrogen and oxygen atoms in total. The zero-order valence-electron chi connectivity index (χ0n) is 23.4. The number of allylic oxidation sites excluding steroid dienone is 4. The van der Waals surface area contributed by atoms with Crippen LogP contribution >= 0.6 is 0 Å². The first-order valence-electron chi connectivity index (χ1n) is 13.8. The van der Waals surface area contributed by atoms with E-state index in [-0.39, 0.29) is 23.3 Å². The summed E-state index contributed by atoms with van der Waals surface area (Å²) in [4.78, 5) is 24.3. The minimum absolute atomic E-state index is 0.136. The molecule has 0 bridgehead atoms. The Kier molecular flexibility index (Phi) is 9.30. The number of hydrogen-bond acceptors (Lipinski definition) is 6. The van der Waals surface area contributed by atoms with Gasteiger partial charge in [-0.25, -0.2) is 0 Å². The largest absolute Gasteiger partial charge is 0.490 e. The maximum atomic E-state index is 13.5. The van der Waals surface area contributed by atoms with Gasteiger partial charge in [-0.3, -0.25) is 9.52 Å². The van der Waals surface area contributed by atoms with Crippen molar-refractivity contribution in [2.75, 3.05) is 4.72 Å². The highest BCUT2D eigenvalue weighted by Gasteiger charge is 2.34. The molecule has 1 unspecified atom stereocenters. The highest BCUT2D eigenvalue weighted by Crippen LogP contribution is 2.31. The van der Waals surface area contributed by atoms with Crippen LogP contribution in [0.4, 0.5) is 5.69 Å². The van der Waals surface area contributed by atoms with Crippen LogP contribution < -0.4 is 10.0 Å². The molecule has 212 valence electrons. The molecule has 0 aliphatic carbocycles. The number of aryl methyl sites for hydroxylation is 1. The van der Waals surface area contributed by atoms with Crippen LogP contribution in [0, 0.1) is 5.41 Å². The SMILES string of the molecule is CCCC1=CC=C([C@H]2CC(=O)C=C(S(=O)(=O)Nc3ccccc3CC(C)(C)C=O)N2)C(CCc2ccccc2)O1. The van der Waals surface area contributed by atoms with Crippen molar-refractivity contribution in [2.24, 2.45) is 5.41 Å². The molecule has 4 rings (SSSR count). The van der Waals surface area contributed by atoms with E-state index < -0.39 is 21.5 Å². The van der Waals surface area contributed by atoms with E-state index in [0.717, 1.165) is 43.0 Å². The zero-order chi connectivity index (χ0) is 28.8. The summed E-state index contributed by atoms with van der Waals surface area (Å²) in [7, 11) is -4.11. The Balaban J connectivity index is 1.56. The third kappa shape index (κ3) is 7.50. The van der Waals surface area contributed by atoms with Crippen molar-refractivity contribution < 1.29 is 22.7 Å². The third-order valence-corrected chi connectivity index (χ3v) is 8.40. The molecule has 8 heteroatoms. The van der Waals surface area contributed by atoms with Gasteiger partial charge in [0, 0.05) is 24.3 Å². The number of nitrogens with one attached hydrogen (secondary N) is 2. The van der Waals surface area contributed by atoms with Crippen molar-refractivity contribution in [1.82, 2.24) is 5.32 Å². The van der Waals surface area contributed by atoms with Crippen molar-refractivity contribution in [2.45, 2.75) is 71.4 Å². The smallest absolute Gasteiger partial charge is 0.277 e. The van der Waals surface area contributed by atoms with Crippen molar-refractivity contribution in [3.8, 4) is 0 Å². The number of hydrogen-bond donors (Lipinski definition) is 2. The van der Waals surface area contributed by atoms with E-state index >= 15 is 0 Å². The van der Waals surface area contributed by atoms with Gasteiger partial charge in [-0.2, -0.15) is 8.42 Å². The van der Waals surface area contributed by atoms with Crippen LogP contribution in [0.5, 0.6) is 0 Å². The summed E-state index contributed by atoms with van der Waals surface area (Å²) in [5.41, 5.74) is 2.46. The Labute approximate surface area is 237 Å². The summed E-state index contributed by atoms with van der Waals surface area (Å²) in [6.45, 7) is 5.69. The van der Waals surface area contributed by atoms with Gasteiger partial charge >= 0.3 is 0 Å². The van der Waals surface area contributed by atoms with Crippen molar-refractivity contribution in [3.05, 3.63) is 100 Å². The molecule has 2 N–H and O–H groups in total. The quantitative estimate of drug-likeness (QED) is 0.326. The molecular weight excluding hydrogens is 524 g/mol. The minimum Gasteiger partial charge on any atom is -0.490 e. The summed E-state index contributed by atoms with van der Waals surface area (Å²) in [5.74, 6) is 0.622. The van der Waals surface area contributed by atoms with Gasteiger partial charge in [0.15, 0.2) is 10.8 Å². The molecule has 2 aliphatic rings.